The third kappa shape index (κ3) is 5.95. The maximum Gasteiger partial charge on any atom is 0.338 e. The van der Waals surface area contributed by atoms with Crippen molar-refractivity contribution in [2.24, 2.45) is 0 Å². The van der Waals surface area contributed by atoms with Gasteiger partial charge in [-0.1, -0.05) is 50.2 Å². The molecule has 0 heterocycles. The number of ether oxygens (including phenoxy) is 2. The molecule has 0 aliphatic rings. The lowest BCUT2D eigenvalue weighted by Gasteiger charge is -2.18. The molecule has 3 rings (SSSR count). The van der Waals surface area contributed by atoms with Crippen molar-refractivity contribution in [2.45, 2.75) is 39.2 Å². The van der Waals surface area contributed by atoms with E-state index in [1.165, 1.54) is 0 Å². The molecule has 0 radical (unpaired) electrons. The van der Waals surface area contributed by atoms with E-state index in [2.05, 4.69) is 19.2 Å². The minimum Gasteiger partial charge on any atom is -0.457 e. The first-order valence-electron chi connectivity index (χ1n) is 10.4. The van der Waals surface area contributed by atoms with E-state index in [9.17, 15) is 9.59 Å². The standard InChI is InChI=1S/C26H27NO4/c1-4-18(2)23-12-8-9-13-24(23)27-25(28)19(3)30-26(29)20-14-16-22(17-15-20)31-21-10-6-5-7-11-21/h5-19H,4H2,1-3H3,(H,27,28)/t18-,19-/m0/s1. The highest BCUT2D eigenvalue weighted by Gasteiger charge is 2.20. The molecule has 160 valence electrons. The summed E-state index contributed by atoms with van der Waals surface area (Å²) in [5.74, 6) is 0.694. The number of benzene rings is 3. The first-order valence-corrected chi connectivity index (χ1v) is 10.4. The summed E-state index contributed by atoms with van der Waals surface area (Å²) in [6.45, 7) is 5.77. The van der Waals surface area contributed by atoms with Crippen LogP contribution in [0.1, 0.15) is 49.0 Å². The number of amides is 1. The number of esters is 1. The van der Waals surface area contributed by atoms with Crippen molar-refractivity contribution < 1.29 is 19.1 Å². The molecule has 1 N–H and O–H groups in total. The van der Waals surface area contributed by atoms with Gasteiger partial charge < -0.3 is 14.8 Å². The molecule has 0 aromatic heterocycles. The van der Waals surface area contributed by atoms with Crippen molar-refractivity contribution >= 4 is 17.6 Å². The monoisotopic (exact) mass is 417 g/mol. The van der Waals surface area contributed by atoms with Crippen LogP contribution in [0.3, 0.4) is 0 Å². The Morgan fingerprint density at radius 3 is 2.13 bits per heavy atom. The molecule has 5 nitrogen and oxygen atoms in total. The summed E-state index contributed by atoms with van der Waals surface area (Å²) in [4.78, 5) is 25.1. The van der Waals surface area contributed by atoms with Gasteiger partial charge in [-0.05, 0) is 67.3 Å². The summed E-state index contributed by atoms with van der Waals surface area (Å²) in [7, 11) is 0. The van der Waals surface area contributed by atoms with Gasteiger partial charge in [0.15, 0.2) is 6.10 Å². The van der Waals surface area contributed by atoms with Crippen LogP contribution in [0.25, 0.3) is 0 Å². The normalized spacial score (nSPS) is 12.5. The van der Waals surface area contributed by atoms with E-state index in [1.807, 2.05) is 54.6 Å². The third-order valence-electron chi connectivity index (χ3n) is 5.08. The zero-order valence-corrected chi connectivity index (χ0v) is 18.0. The summed E-state index contributed by atoms with van der Waals surface area (Å²) >= 11 is 0. The second kappa shape index (κ2) is 10.4. The van der Waals surface area contributed by atoms with E-state index in [0.29, 0.717) is 23.0 Å². The van der Waals surface area contributed by atoms with Gasteiger partial charge in [-0.25, -0.2) is 4.79 Å². The number of para-hydroxylation sites is 2. The van der Waals surface area contributed by atoms with E-state index < -0.39 is 12.1 Å². The predicted molar refractivity (Wildman–Crippen MR) is 122 cm³/mol. The van der Waals surface area contributed by atoms with Gasteiger partial charge in [0.2, 0.25) is 0 Å². The maximum absolute atomic E-state index is 12.6. The number of carbonyl (C=O) groups is 2. The fraction of sp³-hybridized carbons (Fsp3) is 0.231. The van der Waals surface area contributed by atoms with E-state index in [-0.39, 0.29) is 5.91 Å². The summed E-state index contributed by atoms with van der Waals surface area (Å²) in [5, 5.41) is 2.88. The maximum atomic E-state index is 12.6. The van der Waals surface area contributed by atoms with Crippen molar-refractivity contribution in [1.82, 2.24) is 0 Å². The number of hydrogen-bond acceptors (Lipinski definition) is 4. The molecule has 0 aliphatic heterocycles. The highest BCUT2D eigenvalue weighted by atomic mass is 16.5. The van der Waals surface area contributed by atoms with Gasteiger partial charge in [0.05, 0.1) is 5.56 Å². The number of carbonyl (C=O) groups excluding carboxylic acids is 2. The lowest BCUT2D eigenvalue weighted by Crippen LogP contribution is -2.30. The molecular weight excluding hydrogens is 390 g/mol. The Balaban J connectivity index is 1.59. The van der Waals surface area contributed by atoms with Crippen LogP contribution in [0, 0.1) is 0 Å². The van der Waals surface area contributed by atoms with Crippen LogP contribution in [-0.4, -0.2) is 18.0 Å². The molecule has 0 fully saturated rings. The molecule has 0 spiro atoms. The molecule has 0 saturated heterocycles. The molecule has 0 unspecified atom stereocenters. The number of hydrogen-bond donors (Lipinski definition) is 1. The lowest BCUT2D eigenvalue weighted by molar-refractivity contribution is -0.123. The van der Waals surface area contributed by atoms with Gasteiger partial charge in [-0.3, -0.25) is 4.79 Å². The number of nitrogens with one attached hydrogen (secondary N) is 1. The van der Waals surface area contributed by atoms with Crippen LogP contribution in [0.15, 0.2) is 78.9 Å². The van der Waals surface area contributed by atoms with Crippen molar-refractivity contribution in [2.75, 3.05) is 5.32 Å². The molecule has 5 heteroatoms. The van der Waals surface area contributed by atoms with Crippen LogP contribution in [0.2, 0.25) is 0 Å². The van der Waals surface area contributed by atoms with Gasteiger partial charge in [-0.2, -0.15) is 0 Å². The van der Waals surface area contributed by atoms with Crippen molar-refractivity contribution in [3.8, 4) is 11.5 Å². The Hall–Kier alpha value is -3.60. The minimum atomic E-state index is -0.933. The Bertz CT molecular complexity index is 1020. The summed E-state index contributed by atoms with van der Waals surface area (Å²) in [5.41, 5.74) is 2.15. The summed E-state index contributed by atoms with van der Waals surface area (Å²) in [6, 6.07) is 23.7. The minimum absolute atomic E-state index is 0.311. The van der Waals surface area contributed by atoms with Crippen LogP contribution < -0.4 is 10.1 Å². The quantitative estimate of drug-likeness (QED) is 0.445. The van der Waals surface area contributed by atoms with Crippen molar-refractivity contribution in [3.05, 3.63) is 90.0 Å². The average molecular weight is 418 g/mol. The van der Waals surface area contributed by atoms with Crippen molar-refractivity contribution in [3.63, 3.8) is 0 Å². The molecule has 1 amide bonds. The average Bonchev–Trinajstić information content (AvgIpc) is 2.80. The highest BCUT2D eigenvalue weighted by Crippen LogP contribution is 2.27. The molecular formula is C26H27NO4. The molecule has 2 atom stereocenters. The molecule has 0 aliphatic carbocycles. The topological polar surface area (TPSA) is 64.6 Å². The van der Waals surface area contributed by atoms with Gasteiger partial charge in [0, 0.05) is 5.69 Å². The van der Waals surface area contributed by atoms with Gasteiger partial charge in [0.25, 0.3) is 5.91 Å². The van der Waals surface area contributed by atoms with E-state index in [4.69, 9.17) is 9.47 Å². The molecule has 3 aromatic carbocycles. The molecule has 0 bridgehead atoms. The zero-order valence-electron chi connectivity index (χ0n) is 18.0. The Labute approximate surface area is 183 Å². The van der Waals surface area contributed by atoms with Crippen LogP contribution in [0.4, 0.5) is 5.69 Å². The Morgan fingerprint density at radius 1 is 0.839 bits per heavy atom. The molecule has 31 heavy (non-hydrogen) atoms. The van der Waals surface area contributed by atoms with E-state index >= 15 is 0 Å². The lowest BCUT2D eigenvalue weighted by atomic mass is 9.97. The van der Waals surface area contributed by atoms with E-state index in [0.717, 1.165) is 17.7 Å². The zero-order chi connectivity index (χ0) is 22.2. The number of rotatable bonds is 8. The second-order valence-electron chi connectivity index (χ2n) is 7.37. The second-order valence-corrected chi connectivity index (χ2v) is 7.37. The van der Waals surface area contributed by atoms with Gasteiger partial charge in [-0.15, -0.1) is 0 Å². The summed E-state index contributed by atoms with van der Waals surface area (Å²) < 4.78 is 11.1. The Morgan fingerprint density at radius 2 is 1.45 bits per heavy atom. The Kier molecular flexibility index (Phi) is 7.44. The summed E-state index contributed by atoms with van der Waals surface area (Å²) in [6.07, 6.45) is 0.0271. The SMILES string of the molecule is CC[C@H](C)c1ccccc1NC(=O)[C@H](C)OC(=O)c1ccc(Oc2ccccc2)cc1. The van der Waals surface area contributed by atoms with E-state index in [1.54, 1.807) is 31.2 Å². The van der Waals surface area contributed by atoms with Crippen LogP contribution in [0.5, 0.6) is 11.5 Å². The van der Waals surface area contributed by atoms with Crippen molar-refractivity contribution in [1.29, 1.82) is 0 Å². The third-order valence-corrected chi connectivity index (χ3v) is 5.08. The first-order chi connectivity index (χ1) is 15.0. The first kappa shape index (κ1) is 22.1. The predicted octanol–water partition coefficient (Wildman–Crippen LogP) is 6.18. The number of anilines is 1. The van der Waals surface area contributed by atoms with Gasteiger partial charge in [0.1, 0.15) is 11.5 Å². The molecule has 0 saturated carbocycles. The fourth-order valence-electron chi connectivity index (χ4n) is 3.06. The highest BCUT2D eigenvalue weighted by molar-refractivity contribution is 5.97. The van der Waals surface area contributed by atoms with Gasteiger partial charge >= 0.3 is 5.97 Å². The fourth-order valence-corrected chi connectivity index (χ4v) is 3.06. The van der Waals surface area contributed by atoms with Crippen LogP contribution >= 0.6 is 0 Å². The largest absolute Gasteiger partial charge is 0.457 e. The smallest absolute Gasteiger partial charge is 0.338 e. The molecule has 3 aromatic rings. The van der Waals surface area contributed by atoms with Crippen LogP contribution in [-0.2, 0) is 9.53 Å².